The third kappa shape index (κ3) is 5.19. The normalized spacial score (nSPS) is 14.6. The number of aromatic nitrogens is 4. The van der Waals surface area contributed by atoms with Gasteiger partial charge in [0.1, 0.15) is 12.4 Å². The van der Waals surface area contributed by atoms with Crippen LogP contribution in [0.1, 0.15) is 37.3 Å². The molecule has 1 amide bonds. The molecule has 1 aliphatic rings. The van der Waals surface area contributed by atoms with Crippen LogP contribution in [0.4, 0.5) is 0 Å². The minimum atomic E-state index is -0.0431. The SMILES string of the molecule is Cc1ccc(OCCNC(=O)CSc2nnnn2C2CCCC2)cc1. The van der Waals surface area contributed by atoms with Crippen molar-refractivity contribution in [2.45, 2.75) is 43.8 Å². The number of nitrogens with one attached hydrogen (secondary N) is 1. The maximum absolute atomic E-state index is 12.0. The van der Waals surface area contributed by atoms with Crippen LogP contribution < -0.4 is 10.1 Å². The topological polar surface area (TPSA) is 81.9 Å². The van der Waals surface area contributed by atoms with Gasteiger partial charge < -0.3 is 10.1 Å². The highest BCUT2D eigenvalue weighted by Crippen LogP contribution is 2.31. The Hall–Kier alpha value is -2.09. The van der Waals surface area contributed by atoms with Crippen molar-refractivity contribution in [2.75, 3.05) is 18.9 Å². The fourth-order valence-corrected chi connectivity index (χ4v) is 3.61. The van der Waals surface area contributed by atoms with Gasteiger partial charge in [0.05, 0.1) is 18.3 Å². The van der Waals surface area contributed by atoms with Gasteiger partial charge in [0, 0.05) is 0 Å². The Kier molecular flexibility index (Phi) is 6.27. The van der Waals surface area contributed by atoms with E-state index in [1.807, 2.05) is 35.9 Å². The zero-order valence-corrected chi connectivity index (χ0v) is 15.2. The molecule has 25 heavy (non-hydrogen) atoms. The lowest BCUT2D eigenvalue weighted by molar-refractivity contribution is -0.118. The van der Waals surface area contributed by atoms with E-state index in [0.29, 0.717) is 24.9 Å². The Bertz CT molecular complexity index is 683. The van der Waals surface area contributed by atoms with E-state index in [1.165, 1.54) is 30.2 Å². The average Bonchev–Trinajstić information content (AvgIpc) is 3.29. The van der Waals surface area contributed by atoms with Crippen molar-refractivity contribution in [3.05, 3.63) is 29.8 Å². The summed E-state index contributed by atoms with van der Waals surface area (Å²) < 4.78 is 7.46. The lowest BCUT2D eigenvalue weighted by Crippen LogP contribution is -2.29. The first-order valence-corrected chi connectivity index (χ1v) is 9.58. The molecule has 1 fully saturated rings. The van der Waals surface area contributed by atoms with E-state index in [0.717, 1.165) is 23.7 Å². The average molecular weight is 361 g/mol. The molecule has 0 radical (unpaired) electrons. The molecule has 0 aliphatic heterocycles. The number of ether oxygens (including phenoxy) is 1. The Morgan fingerprint density at radius 1 is 1.32 bits per heavy atom. The van der Waals surface area contributed by atoms with E-state index in [2.05, 4.69) is 20.8 Å². The first kappa shape index (κ1) is 17.7. The predicted molar refractivity (Wildman–Crippen MR) is 95.7 cm³/mol. The summed E-state index contributed by atoms with van der Waals surface area (Å²) >= 11 is 1.38. The third-order valence-electron chi connectivity index (χ3n) is 4.18. The van der Waals surface area contributed by atoms with Crippen LogP contribution >= 0.6 is 11.8 Å². The Morgan fingerprint density at radius 2 is 2.08 bits per heavy atom. The molecule has 0 bridgehead atoms. The molecule has 0 spiro atoms. The van der Waals surface area contributed by atoms with E-state index in [1.54, 1.807) is 0 Å². The Labute approximate surface area is 151 Å². The largest absolute Gasteiger partial charge is 0.492 e. The van der Waals surface area contributed by atoms with Gasteiger partial charge in [0.15, 0.2) is 0 Å². The molecule has 1 heterocycles. The molecule has 0 saturated heterocycles. The van der Waals surface area contributed by atoms with Gasteiger partial charge in [-0.15, -0.1) is 5.10 Å². The smallest absolute Gasteiger partial charge is 0.230 e. The van der Waals surface area contributed by atoms with Gasteiger partial charge >= 0.3 is 0 Å². The molecule has 134 valence electrons. The van der Waals surface area contributed by atoms with E-state index in [-0.39, 0.29) is 5.91 Å². The number of hydrogen-bond donors (Lipinski definition) is 1. The number of tetrazole rings is 1. The van der Waals surface area contributed by atoms with Crippen molar-refractivity contribution in [3.63, 3.8) is 0 Å². The number of aryl methyl sites for hydroxylation is 1. The first-order chi connectivity index (χ1) is 12.2. The number of carbonyl (C=O) groups excluding carboxylic acids is 1. The van der Waals surface area contributed by atoms with Gasteiger partial charge in [0.2, 0.25) is 11.1 Å². The van der Waals surface area contributed by atoms with Crippen LogP contribution in [0.2, 0.25) is 0 Å². The maximum atomic E-state index is 12.0. The summed E-state index contributed by atoms with van der Waals surface area (Å²) in [6.07, 6.45) is 4.66. The van der Waals surface area contributed by atoms with Crippen molar-refractivity contribution >= 4 is 17.7 Å². The summed E-state index contributed by atoms with van der Waals surface area (Å²) in [7, 11) is 0. The molecular weight excluding hydrogens is 338 g/mol. The fourth-order valence-electron chi connectivity index (χ4n) is 2.83. The lowest BCUT2D eigenvalue weighted by Gasteiger charge is -2.11. The Balaban J connectivity index is 1.36. The number of rotatable bonds is 8. The second-order valence-electron chi connectivity index (χ2n) is 6.14. The molecule has 0 atom stereocenters. The van der Waals surface area contributed by atoms with Gasteiger partial charge in [-0.1, -0.05) is 42.3 Å². The number of carbonyl (C=O) groups is 1. The van der Waals surface area contributed by atoms with E-state index >= 15 is 0 Å². The van der Waals surface area contributed by atoms with Crippen LogP contribution in [0.15, 0.2) is 29.4 Å². The molecule has 2 aromatic rings. The first-order valence-electron chi connectivity index (χ1n) is 8.59. The highest BCUT2D eigenvalue weighted by molar-refractivity contribution is 7.99. The summed E-state index contributed by atoms with van der Waals surface area (Å²) in [5, 5.41) is 15.4. The predicted octanol–water partition coefficient (Wildman–Crippen LogP) is 2.38. The van der Waals surface area contributed by atoms with Crippen molar-refractivity contribution in [1.82, 2.24) is 25.5 Å². The molecular formula is C17H23N5O2S. The van der Waals surface area contributed by atoms with Gasteiger partial charge in [0.25, 0.3) is 0 Å². The van der Waals surface area contributed by atoms with Gasteiger partial charge in [-0.2, -0.15) is 0 Å². The van der Waals surface area contributed by atoms with E-state index < -0.39 is 0 Å². The summed E-state index contributed by atoms with van der Waals surface area (Å²) in [5.41, 5.74) is 1.19. The van der Waals surface area contributed by atoms with E-state index in [4.69, 9.17) is 4.74 Å². The van der Waals surface area contributed by atoms with Crippen LogP contribution in [0.3, 0.4) is 0 Å². The minimum absolute atomic E-state index is 0.0431. The fraction of sp³-hybridized carbons (Fsp3) is 0.529. The van der Waals surface area contributed by atoms with Crippen molar-refractivity contribution in [1.29, 1.82) is 0 Å². The van der Waals surface area contributed by atoms with Gasteiger partial charge in [-0.3, -0.25) is 4.79 Å². The standard InChI is InChI=1S/C17H23N5O2S/c1-13-6-8-15(9-7-13)24-11-10-18-16(23)12-25-17-19-20-21-22(17)14-4-2-3-5-14/h6-9,14H,2-5,10-12H2,1H3,(H,18,23). The van der Waals surface area contributed by atoms with Crippen LogP contribution in [0, 0.1) is 6.92 Å². The van der Waals surface area contributed by atoms with Gasteiger partial charge in [-0.25, -0.2) is 4.68 Å². The molecule has 1 N–H and O–H groups in total. The van der Waals surface area contributed by atoms with Crippen LogP contribution in [-0.4, -0.2) is 45.0 Å². The molecule has 1 aromatic heterocycles. The van der Waals surface area contributed by atoms with Crippen LogP contribution in [-0.2, 0) is 4.79 Å². The molecule has 3 rings (SSSR count). The van der Waals surface area contributed by atoms with Crippen molar-refractivity contribution < 1.29 is 9.53 Å². The van der Waals surface area contributed by atoms with Crippen molar-refractivity contribution in [2.24, 2.45) is 0 Å². The lowest BCUT2D eigenvalue weighted by atomic mass is 10.2. The second-order valence-corrected chi connectivity index (χ2v) is 7.09. The zero-order valence-electron chi connectivity index (χ0n) is 14.4. The molecule has 1 saturated carbocycles. The monoisotopic (exact) mass is 361 g/mol. The molecule has 8 heteroatoms. The summed E-state index contributed by atoms with van der Waals surface area (Å²) in [4.78, 5) is 12.0. The van der Waals surface area contributed by atoms with Crippen molar-refractivity contribution in [3.8, 4) is 5.75 Å². The van der Waals surface area contributed by atoms with Gasteiger partial charge in [-0.05, 0) is 42.3 Å². The molecule has 1 aliphatic carbocycles. The van der Waals surface area contributed by atoms with E-state index in [9.17, 15) is 4.79 Å². The third-order valence-corrected chi connectivity index (χ3v) is 5.11. The molecule has 7 nitrogen and oxygen atoms in total. The van der Waals surface area contributed by atoms with Crippen LogP contribution in [0.25, 0.3) is 0 Å². The second kappa shape index (κ2) is 8.84. The number of nitrogens with zero attached hydrogens (tertiary/aromatic N) is 4. The number of benzene rings is 1. The molecule has 0 unspecified atom stereocenters. The molecule has 1 aromatic carbocycles. The highest BCUT2D eigenvalue weighted by Gasteiger charge is 2.21. The summed E-state index contributed by atoms with van der Waals surface area (Å²) in [5.74, 6) is 1.07. The quantitative estimate of drug-likeness (QED) is 0.574. The highest BCUT2D eigenvalue weighted by atomic mass is 32.2. The maximum Gasteiger partial charge on any atom is 0.230 e. The minimum Gasteiger partial charge on any atom is -0.492 e. The number of hydrogen-bond acceptors (Lipinski definition) is 6. The number of amides is 1. The van der Waals surface area contributed by atoms with Crippen LogP contribution in [0.5, 0.6) is 5.75 Å². The summed E-state index contributed by atoms with van der Waals surface area (Å²) in [6, 6.07) is 8.23. The number of thioether (sulfide) groups is 1. The Morgan fingerprint density at radius 3 is 2.84 bits per heavy atom. The summed E-state index contributed by atoms with van der Waals surface area (Å²) in [6.45, 7) is 2.95. The zero-order chi connectivity index (χ0) is 17.5.